The third-order valence-corrected chi connectivity index (χ3v) is 3.79. The van der Waals surface area contributed by atoms with E-state index in [1.807, 2.05) is 48.2 Å². The number of rotatable bonds is 5. The molecule has 0 fully saturated rings. The molecule has 4 heteroatoms. The van der Waals surface area contributed by atoms with Crippen molar-refractivity contribution < 1.29 is 0 Å². The fraction of sp³-hybridized carbons (Fsp3) is 0.188. The van der Waals surface area contributed by atoms with Gasteiger partial charge in [-0.25, -0.2) is 4.98 Å². The third-order valence-electron chi connectivity index (χ3n) is 3.18. The summed E-state index contributed by atoms with van der Waals surface area (Å²) in [6.45, 7) is 0. The molecule has 1 aromatic carbocycles. The summed E-state index contributed by atoms with van der Waals surface area (Å²) in [4.78, 5) is 4.73. The Morgan fingerprint density at radius 2 is 1.90 bits per heavy atom. The van der Waals surface area contributed by atoms with E-state index in [0.29, 0.717) is 0 Å². The monoisotopic (exact) mass is 283 g/mol. The Bertz CT molecular complexity index is 691. The molecule has 0 aliphatic heterocycles. The highest BCUT2D eigenvalue weighted by Crippen LogP contribution is 2.23. The second-order valence-corrected chi connectivity index (χ2v) is 5.56. The lowest BCUT2D eigenvalue weighted by atomic mass is 10.3. The van der Waals surface area contributed by atoms with Gasteiger partial charge in [0.25, 0.3) is 0 Å². The van der Waals surface area contributed by atoms with Crippen LogP contribution in [0.15, 0.2) is 54.7 Å². The highest BCUT2D eigenvalue weighted by Gasteiger charge is 2.11. The molecule has 0 amide bonds. The lowest BCUT2D eigenvalue weighted by molar-refractivity contribution is 1.08. The Labute approximate surface area is 123 Å². The predicted octanol–water partition coefficient (Wildman–Crippen LogP) is 3.98. The molecule has 3 rings (SSSR count). The molecule has 0 radical (unpaired) electrons. The van der Waals surface area contributed by atoms with Crippen molar-refractivity contribution in [1.82, 2.24) is 9.38 Å². The van der Waals surface area contributed by atoms with Gasteiger partial charge in [-0.3, -0.25) is 4.40 Å². The molecule has 3 aromatic rings. The van der Waals surface area contributed by atoms with Gasteiger partial charge in [0, 0.05) is 18.3 Å². The Kier molecular flexibility index (Phi) is 3.92. The van der Waals surface area contributed by atoms with Crippen LogP contribution in [0.25, 0.3) is 5.65 Å². The van der Waals surface area contributed by atoms with E-state index in [0.717, 1.165) is 35.0 Å². The number of anilines is 2. The van der Waals surface area contributed by atoms with Gasteiger partial charge in [-0.1, -0.05) is 24.3 Å². The molecular formula is C16H17N3S. The number of hydrogen-bond donors (Lipinski definition) is 1. The van der Waals surface area contributed by atoms with Gasteiger partial charge < -0.3 is 5.32 Å². The van der Waals surface area contributed by atoms with Crippen LogP contribution in [0.4, 0.5) is 11.5 Å². The topological polar surface area (TPSA) is 29.3 Å². The van der Waals surface area contributed by atoms with Crippen LogP contribution in [-0.2, 0) is 6.42 Å². The SMILES string of the molecule is CSCCc1nc2ccccn2c1Nc1ccccc1. The molecule has 1 N–H and O–H groups in total. The molecule has 20 heavy (non-hydrogen) atoms. The van der Waals surface area contributed by atoms with Crippen molar-refractivity contribution in [2.45, 2.75) is 6.42 Å². The molecule has 0 bridgehead atoms. The molecule has 0 spiro atoms. The smallest absolute Gasteiger partial charge is 0.138 e. The van der Waals surface area contributed by atoms with Gasteiger partial charge in [0.2, 0.25) is 0 Å². The van der Waals surface area contributed by atoms with Crippen LogP contribution in [0, 0.1) is 0 Å². The molecule has 0 saturated carbocycles. The summed E-state index contributed by atoms with van der Waals surface area (Å²) in [7, 11) is 0. The van der Waals surface area contributed by atoms with E-state index in [-0.39, 0.29) is 0 Å². The van der Waals surface area contributed by atoms with Crippen molar-refractivity contribution in [1.29, 1.82) is 0 Å². The highest BCUT2D eigenvalue weighted by atomic mass is 32.2. The fourth-order valence-corrected chi connectivity index (χ4v) is 2.61. The molecule has 2 aromatic heterocycles. The first-order valence-corrected chi connectivity index (χ1v) is 8.05. The normalized spacial score (nSPS) is 10.8. The number of nitrogens with zero attached hydrogens (tertiary/aromatic N) is 2. The summed E-state index contributed by atoms with van der Waals surface area (Å²) in [5.41, 5.74) is 3.19. The quantitative estimate of drug-likeness (QED) is 0.768. The number of para-hydroxylation sites is 1. The first-order valence-electron chi connectivity index (χ1n) is 6.65. The maximum absolute atomic E-state index is 4.73. The molecule has 0 unspecified atom stereocenters. The third kappa shape index (κ3) is 2.65. The van der Waals surface area contributed by atoms with E-state index in [2.05, 4.69) is 34.3 Å². The van der Waals surface area contributed by atoms with Gasteiger partial charge >= 0.3 is 0 Å². The molecule has 3 nitrogen and oxygen atoms in total. The van der Waals surface area contributed by atoms with Crippen molar-refractivity contribution in [3.63, 3.8) is 0 Å². The average molecular weight is 283 g/mol. The molecule has 0 saturated heterocycles. The number of aromatic nitrogens is 2. The van der Waals surface area contributed by atoms with Crippen molar-refractivity contribution in [3.05, 3.63) is 60.4 Å². The van der Waals surface area contributed by atoms with Crippen molar-refractivity contribution in [2.24, 2.45) is 0 Å². The number of aryl methyl sites for hydroxylation is 1. The fourth-order valence-electron chi connectivity index (χ4n) is 2.21. The van der Waals surface area contributed by atoms with Gasteiger partial charge in [0.15, 0.2) is 0 Å². The molecule has 0 atom stereocenters. The van der Waals surface area contributed by atoms with Crippen LogP contribution >= 0.6 is 11.8 Å². The minimum Gasteiger partial charge on any atom is -0.340 e. The van der Waals surface area contributed by atoms with Gasteiger partial charge in [-0.05, 0) is 36.3 Å². The van der Waals surface area contributed by atoms with Gasteiger partial charge in [-0.2, -0.15) is 11.8 Å². The number of thioether (sulfide) groups is 1. The second kappa shape index (κ2) is 6.01. The molecule has 0 aliphatic rings. The maximum Gasteiger partial charge on any atom is 0.138 e. The van der Waals surface area contributed by atoms with Crippen LogP contribution in [0.3, 0.4) is 0 Å². The Balaban J connectivity index is 2.01. The molecule has 2 heterocycles. The number of imidazole rings is 1. The van der Waals surface area contributed by atoms with Crippen LogP contribution in [0.5, 0.6) is 0 Å². The second-order valence-electron chi connectivity index (χ2n) is 4.57. The predicted molar refractivity (Wildman–Crippen MR) is 87.0 cm³/mol. The van der Waals surface area contributed by atoms with Crippen LogP contribution in [-0.4, -0.2) is 21.4 Å². The Hall–Kier alpha value is -1.94. The van der Waals surface area contributed by atoms with Gasteiger partial charge in [-0.15, -0.1) is 0 Å². The summed E-state index contributed by atoms with van der Waals surface area (Å²) in [5.74, 6) is 2.15. The van der Waals surface area contributed by atoms with Crippen LogP contribution in [0.2, 0.25) is 0 Å². The van der Waals surface area contributed by atoms with Crippen LogP contribution < -0.4 is 5.32 Å². The molecular weight excluding hydrogens is 266 g/mol. The van der Waals surface area contributed by atoms with Gasteiger partial charge in [0.1, 0.15) is 11.5 Å². The van der Waals surface area contributed by atoms with E-state index in [1.165, 1.54) is 0 Å². The summed E-state index contributed by atoms with van der Waals surface area (Å²) < 4.78 is 2.11. The van der Waals surface area contributed by atoms with Crippen molar-refractivity contribution in [2.75, 3.05) is 17.3 Å². The van der Waals surface area contributed by atoms with E-state index in [1.54, 1.807) is 0 Å². The van der Waals surface area contributed by atoms with Crippen LogP contribution in [0.1, 0.15) is 5.69 Å². The summed E-state index contributed by atoms with van der Waals surface area (Å²) in [6, 6.07) is 16.3. The first-order chi connectivity index (χ1) is 9.88. The lowest BCUT2D eigenvalue weighted by Crippen LogP contribution is -1.99. The number of fused-ring (bicyclic) bond motifs is 1. The number of benzene rings is 1. The zero-order valence-electron chi connectivity index (χ0n) is 11.4. The largest absolute Gasteiger partial charge is 0.340 e. The van der Waals surface area contributed by atoms with Gasteiger partial charge in [0.05, 0.1) is 5.69 Å². The Morgan fingerprint density at radius 3 is 2.70 bits per heavy atom. The average Bonchev–Trinajstić information content (AvgIpc) is 2.84. The number of hydrogen-bond acceptors (Lipinski definition) is 3. The molecule has 102 valence electrons. The maximum atomic E-state index is 4.73. The van der Waals surface area contributed by atoms with E-state index >= 15 is 0 Å². The van der Waals surface area contributed by atoms with Crippen molar-refractivity contribution in [3.8, 4) is 0 Å². The zero-order valence-corrected chi connectivity index (χ0v) is 12.2. The lowest BCUT2D eigenvalue weighted by Gasteiger charge is -2.08. The highest BCUT2D eigenvalue weighted by molar-refractivity contribution is 7.98. The van der Waals surface area contributed by atoms with E-state index < -0.39 is 0 Å². The number of nitrogens with one attached hydrogen (secondary N) is 1. The molecule has 0 aliphatic carbocycles. The first kappa shape index (κ1) is 13.1. The zero-order chi connectivity index (χ0) is 13.8. The minimum atomic E-state index is 0.970. The van der Waals surface area contributed by atoms with E-state index in [4.69, 9.17) is 4.98 Å². The summed E-state index contributed by atoms with van der Waals surface area (Å²) in [6.07, 6.45) is 5.15. The standard InChI is InChI=1S/C16H17N3S/c1-20-12-10-14-16(17-13-7-3-2-4-8-13)19-11-6-5-9-15(19)18-14/h2-9,11,17H,10,12H2,1H3. The Morgan fingerprint density at radius 1 is 1.10 bits per heavy atom. The van der Waals surface area contributed by atoms with Crippen molar-refractivity contribution >= 4 is 28.9 Å². The van der Waals surface area contributed by atoms with E-state index in [9.17, 15) is 0 Å². The summed E-state index contributed by atoms with van der Waals surface area (Å²) >= 11 is 1.84. The summed E-state index contributed by atoms with van der Waals surface area (Å²) in [5, 5.41) is 3.50. The number of pyridine rings is 1. The minimum absolute atomic E-state index is 0.970.